The number of aliphatic hydroxyl groups excluding tert-OH is 1. The quantitative estimate of drug-likeness (QED) is 0.126. The molecule has 1 saturated heterocycles. The lowest BCUT2D eigenvalue weighted by Gasteiger charge is -2.24. The number of rotatable bonds is 4. The lowest BCUT2D eigenvalue weighted by Crippen LogP contribution is -2.33. The second kappa shape index (κ2) is 424. The highest BCUT2D eigenvalue weighted by atomic mass is 16.3. The molecule has 79 heavy (non-hydrogen) atoms. The highest BCUT2D eigenvalue weighted by Crippen LogP contribution is 2.07. The largest absolute Gasteiger partial charge is 0.394 e. The first-order valence-corrected chi connectivity index (χ1v) is 24.2. The van der Waals surface area contributed by atoms with Gasteiger partial charge in [-0.2, -0.15) is 0 Å². The van der Waals surface area contributed by atoms with Crippen molar-refractivity contribution in [3.05, 3.63) is 49.1 Å². The molecule has 2 rings (SSSR count). The van der Waals surface area contributed by atoms with Crippen LogP contribution < -0.4 is 58.6 Å². The summed E-state index contributed by atoms with van der Waals surface area (Å²) in [7, 11) is 10.5. The Hall–Kier alpha value is -5.31. The Balaban J connectivity index is -0.0000000146. The molecule has 23 nitrogen and oxygen atoms in total. The van der Waals surface area contributed by atoms with Crippen molar-refractivity contribution < 1.29 is 57.8 Å². The van der Waals surface area contributed by atoms with Crippen LogP contribution in [-0.4, -0.2) is 152 Å². The van der Waals surface area contributed by atoms with Crippen molar-refractivity contribution in [1.82, 2.24) is 23.4 Å². The van der Waals surface area contributed by atoms with E-state index >= 15 is 0 Å². The van der Waals surface area contributed by atoms with E-state index in [1.54, 1.807) is 20.8 Å². The lowest BCUT2D eigenvalue weighted by atomic mass is 10.1. The Kier molecular flexibility index (Phi) is 958. The Morgan fingerprint density at radius 2 is 0.557 bits per heavy atom. The molecule has 0 unspecified atom stereocenters. The molecule has 0 radical (unpaired) electrons. The molecule has 1 aliphatic heterocycles. The van der Waals surface area contributed by atoms with Crippen molar-refractivity contribution in [2.45, 2.75) is 169 Å². The average Bonchev–Trinajstić information content (AvgIpc) is 3.55. The topological polar surface area (TPSA) is 498 Å². The highest BCUT2D eigenvalue weighted by Gasteiger charge is 2.11. The molecule has 1 aromatic carbocycles. The van der Waals surface area contributed by atoms with Gasteiger partial charge in [-0.15, -0.1) is 13.2 Å². The molecular formula is C56H147N11O12. The van der Waals surface area contributed by atoms with Crippen LogP contribution in [0.15, 0.2) is 43.5 Å². The number of amides is 1. The van der Waals surface area contributed by atoms with Crippen LogP contribution in [0.25, 0.3) is 0 Å². The number of carbonyl (C=O) groups excluding carboxylic acids is 11. The predicted molar refractivity (Wildman–Crippen MR) is 356 cm³/mol. The van der Waals surface area contributed by atoms with Crippen molar-refractivity contribution >= 4 is 73.8 Å². The average molecular weight is 1170 g/mol. The van der Waals surface area contributed by atoms with Crippen molar-refractivity contribution in [3.8, 4) is 0 Å². The van der Waals surface area contributed by atoms with Crippen LogP contribution in [0.1, 0.15) is 162 Å². The number of nitrogens with two attached hydrogens (primary N) is 7. The summed E-state index contributed by atoms with van der Waals surface area (Å²) in [4.78, 5) is 92.6. The van der Waals surface area contributed by atoms with Crippen LogP contribution in [0.3, 0.4) is 0 Å². The third-order valence-electron chi connectivity index (χ3n) is 5.50. The number of nitrogens with zero attached hydrogens (tertiary/aromatic N) is 1. The van der Waals surface area contributed by atoms with Crippen LogP contribution >= 0.6 is 0 Å². The Morgan fingerprint density at radius 1 is 0.418 bits per heavy atom. The lowest BCUT2D eigenvalue weighted by molar-refractivity contribution is -0.129. The van der Waals surface area contributed by atoms with Gasteiger partial charge < -0.3 is 117 Å². The third-order valence-corrected chi connectivity index (χ3v) is 5.50. The van der Waals surface area contributed by atoms with Gasteiger partial charge in [0.25, 0.3) is 0 Å². The van der Waals surface area contributed by atoms with E-state index in [1.807, 2.05) is 107 Å². The maximum atomic E-state index is 10.7. The zero-order chi connectivity index (χ0) is 68.9. The van der Waals surface area contributed by atoms with E-state index in [9.17, 15) is 4.79 Å². The predicted octanol–water partition coefficient (Wildman–Crippen LogP) is 8.33. The van der Waals surface area contributed by atoms with E-state index in [-0.39, 0.29) is 30.5 Å². The number of benzene rings is 1. The van der Waals surface area contributed by atoms with Crippen molar-refractivity contribution in [3.63, 3.8) is 0 Å². The van der Waals surface area contributed by atoms with E-state index in [2.05, 4.69) is 147 Å². The van der Waals surface area contributed by atoms with Gasteiger partial charge in [0, 0.05) is 26.1 Å². The van der Waals surface area contributed by atoms with Gasteiger partial charge in [-0.3, -0.25) is 4.79 Å². The zero-order valence-corrected chi connectivity index (χ0v) is 56.6. The standard InChI is InChI=1S/C8H10.C7H13NO.3C5H12.C3H8O.2C2H6.C2H4.7CH5N.10CH2O.3H3N/c1-2-8-6-4-3-5-7-8;1-7(9)8-5-3-2-4-6-8;3*1-4-5(2)3;1-3(2)4;20*1-2;;;/h3-7H,2H2,1H3;2-6H2,1H3;3*5H,4H2,1-3H3;3-4H,1-2H3;2*1-2H3;1-2H2;7*2H2,1H3;10*1H2;3*1H3. The molecule has 23 heteroatoms. The van der Waals surface area contributed by atoms with Crippen molar-refractivity contribution in [2.24, 2.45) is 57.9 Å². The molecule has 1 heterocycles. The molecule has 0 aliphatic carbocycles. The molecule has 1 aromatic rings. The van der Waals surface area contributed by atoms with Crippen LogP contribution in [0.5, 0.6) is 0 Å². The fraction of sp³-hybridized carbons (Fsp3) is 0.661. The smallest absolute Gasteiger partial charge is 0.219 e. The molecule has 0 aromatic heterocycles. The third kappa shape index (κ3) is 706. The number of hydrogen-bond donors (Lipinski definition) is 11. The fourth-order valence-electron chi connectivity index (χ4n) is 1.92. The zero-order valence-electron chi connectivity index (χ0n) is 56.6. The summed E-state index contributed by atoms with van der Waals surface area (Å²) in [5.41, 5.74) is 32.9. The van der Waals surface area contributed by atoms with E-state index in [1.165, 1.54) is 93.4 Å². The molecule has 1 aliphatic rings. The Bertz CT molecular complexity index is 690. The van der Waals surface area contributed by atoms with Gasteiger partial charge in [0.15, 0.2) is 0 Å². The van der Waals surface area contributed by atoms with Crippen molar-refractivity contribution in [2.75, 3.05) is 62.4 Å². The van der Waals surface area contributed by atoms with Gasteiger partial charge in [-0.05, 0) is 112 Å². The van der Waals surface area contributed by atoms with E-state index < -0.39 is 0 Å². The number of piperidine rings is 1. The molecule has 24 N–H and O–H groups in total. The van der Waals surface area contributed by atoms with E-state index in [0.29, 0.717) is 0 Å². The normalized spacial score (nSPS) is 6.71. The summed E-state index contributed by atoms with van der Waals surface area (Å²) in [6, 6.07) is 10.5. The Morgan fingerprint density at radius 3 is 0.633 bits per heavy atom. The number of hydrogen-bond acceptors (Lipinski definition) is 22. The van der Waals surface area contributed by atoms with Crippen LogP contribution in [-0.2, 0) is 59.2 Å². The summed E-state index contributed by atoms with van der Waals surface area (Å²) in [5.74, 6) is 2.88. The number of aryl methyl sites for hydroxylation is 1. The summed E-state index contributed by atoms with van der Waals surface area (Å²) < 4.78 is 0. The SMILES string of the molecule is C=C.C=O.C=O.C=O.C=O.C=O.C=O.C=O.C=O.C=O.C=O.CC.CC.CC(=O)N1CCCCC1.CC(C)O.CCC(C)C.CCC(C)C.CCC(C)C.CCc1ccccc1.CN.CN.CN.CN.CN.CN.CN.N.N.N. The maximum absolute atomic E-state index is 10.7. The van der Waals surface area contributed by atoms with Gasteiger partial charge in [0.05, 0.1) is 0 Å². The minimum atomic E-state index is -0.167. The van der Waals surface area contributed by atoms with Crippen LogP contribution in [0.4, 0.5) is 0 Å². The Labute approximate surface area is 491 Å². The second-order valence-electron chi connectivity index (χ2n) is 10.9. The van der Waals surface area contributed by atoms with Crippen LogP contribution in [0.2, 0.25) is 0 Å². The number of likely N-dealkylation sites (tertiary alicyclic amines) is 1. The molecule has 0 atom stereocenters. The van der Waals surface area contributed by atoms with Gasteiger partial charge in [-0.25, -0.2) is 0 Å². The summed E-state index contributed by atoms with van der Waals surface area (Å²) >= 11 is 0. The first kappa shape index (κ1) is 179. The first-order valence-electron chi connectivity index (χ1n) is 24.2. The van der Waals surface area contributed by atoms with Gasteiger partial charge in [0.2, 0.25) is 5.91 Å². The summed E-state index contributed by atoms with van der Waals surface area (Å²) in [5, 5.41) is 8.06. The minimum Gasteiger partial charge on any atom is -0.394 e. The monoisotopic (exact) mass is 1170 g/mol. The molecular weight excluding hydrogens is 1020 g/mol. The molecule has 498 valence electrons. The molecule has 0 bridgehead atoms. The van der Waals surface area contributed by atoms with E-state index in [0.717, 1.165) is 37.3 Å². The first-order chi connectivity index (χ1) is 36.8. The minimum absolute atomic E-state index is 0. The summed E-state index contributed by atoms with van der Waals surface area (Å²) in [6.45, 7) is 63.1. The van der Waals surface area contributed by atoms with Gasteiger partial charge >= 0.3 is 0 Å². The highest BCUT2D eigenvalue weighted by molar-refractivity contribution is 5.73. The molecule has 1 fully saturated rings. The molecule has 1 amide bonds. The summed E-state index contributed by atoms with van der Waals surface area (Å²) in [6.07, 6.45) is 8.57. The fourth-order valence-corrected chi connectivity index (χ4v) is 1.92. The maximum Gasteiger partial charge on any atom is 0.219 e. The van der Waals surface area contributed by atoms with Crippen LogP contribution in [0, 0.1) is 17.8 Å². The van der Waals surface area contributed by atoms with Gasteiger partial charge in [-0.1, -0.05) is 147 Å². The number of aliphatic hydroxyl groups is 1. The van der Waals surface area contributed by atoms with Crippen molar-refractivity contribution in [1.29, 1.82) is 0 Å². The van der Waals surface area contributed by atoms with E-state index in [4.69, 9.17) is 53.1 Å². The molecule has 0 spiro atoms. The van der Waals surface area contributed by atoms with Gasteiger partial charge in [0.1, 0.15) is 67.9 Å². The number of carbonyl (C=O) groups is 11. The molecule has 0 saturated carbocycles. The second-order valence-corrected chi connectivity index (χ2v) is 10.9.